The number of aromatic nitrogens is 6. The van der Waals surface area contributed by atoms with E-state index < -0.39 is 0 Å². The molecule has 0 spiro atoms. The van der Waals surface area contributed by atoms with Gasteiger partial charge in [-0.15, -0.1) is 11.8 Å². The van der Waals surface area contributed by atoms with Crippen molar-refractivity contribution in [2.24, 2.45) is 0 Å². The highest BCUT2D eigenvalue weighted by molar-refractivity contribution is 8.00. The molecule has 0 bridgehead atoms. The van der Waals surface area contributed by atoms with Gasteiger partial charge in [-0.05, 0) is 25.2 Å². The Kier molecular flexibility index (Phi) is 6.72. The Morgan fingerprint density at radius 2 is 2.17 bits per heavy atom. The third kappa shape index (κ3) is 4.72. The van der Waals surface area contributed by atoms with Crippen LogP contribution in [0.1, 0.15) is 10.5 Å². The Hall–Kier alpha value is -4.53. The molecule has 0 saturated carbocycles. The number of carbonyl (C=O) groups is 2. The van der Waals surface area contributed by atoms with Crippen molar-refractivity contribution in [1.29, 1.82) is 0 Å². The van der Waals surface area contributed by atoms with Crippen LogP contribution in [0.3, 0.4) is 0 Å². The number of methoxy groups -OCH3 is 1. The van der Waals surface area contributed by atoms with Gasteiger partial charge in [-0.1, -0.05) is 0 Å². The minimum atomic E-state index is -0.332. The summed E-state index contributed by atoms with van der Waals surface area (Å²) in [6.07, 6.45) is 6.78. The highest BCUT2D eigenvalue weighted by atomic mass is 32.2. The predicted molar refractivity (Wildman–Crippen MR) is 156 cm³/mol. The molecule has 1 saturated heterocycles. The fourth-order valence-corrected chi connectivity index (χ4v) is 6.04. The molecule has 1 aromatic carbocycles. The number of hydrogen-bond donors (Lipinski definition) is 2. The molecule has 1 atom stereocenters. The lowest BCUT2D eigenvalue weighted by Crippen LogP contribution is -2.46. The van der Waals surface area contributed by atoms with E-state index in [1.807, 2.05) is 25.4 Å². The zero-order valence-corrected chi connectivity index (χ0v) is 23.7. The second-order valence-electron chi connectivity index (χ2n) is 10.1. The van der Waals surface area contributed by atoms with Crippen LogP contribution in [0.5, 0.6) is 5.75 Å². The molecule has 0 radical (unpaired) electrons. The van der Waals surface area contributed by atoms with Gasteiger partial charge in [0, 0.05) is 49.2 Å². The number of benzene rings is 1. The van der Waals surface area contributed by atoms with E-state index in [1.54, 1.807) is 47.0 Å². The number of thioether (sulfide) groups is 1. The first kappa shape index (κ1) is 26.4. The third-order valence-corrected chi connectivity index (χ3v) is 8.37. The molecule has 13 nitrogen and oxygen atoms in total. The third-order valence-electron chi connectivity index (χ3n) is 7.31. The number of carbonyl (C=O) groups excluding carboxylic acids is 2. The van der Waals surface area contributed by atoms with Crippen LogP contribution >= 0.6 is 11.8 Å². The molecule has 42 heavy (non-hydrogen) atoms. The first-order chi connectivity index (χ1) is 20.5. The number of morpholine rings is 1. The summed E-state index contributed by atoms with van der Waals surface area (Å²) < 4.78 is 14.9. The van der Waals surface area contributed by atoms with Crippen LogP contribution in [0.15, 0.2) is 53.9 Å². The molecular weight excluding hydrogens is 558 g/mol. The summed E-state index contributed by atoms with van der Waals surface area (Å²) in [5, 5.41) is 15.7. The van der Waals surface area contributed by atoms with Crippen molar-refractivity contribution in [1.82, 2.24) is 39.6 Å². The highest BCUT2D eigenvalue weighted by Crippen LogP contribution is 2.39. The molecule has 14 heteroatoms. The van der Waals surface area contributed by atoms with Gasteiger partial charge < -0.3 is 25.0 Å². The Balaban J connectivity index is 1.34. The van der Waals surface area contributed by atoms with Crippen LogP contribution in [-0.2, 0) is 9.53 Å². The maximum Gasteiger partial charge on any atom is 0.272 e. The van der Waals surface area contributed by atoms with Crippen LogP contribution in [0, 0.1) is 0 Å². The van der Waals surface area contributed by atoms with Gasteiger partial charge in [0.05, 0.1) is 59.6 Å². The van der Waals surface area contributed by atoms with Gasteiger partial charge in [0.1, 0.15) is 11.4 Å². The van der Waals surface area contributed by atoms with Crippen molar-refractivity contribution in [3.05, 3.63) is 54.7 Å². The zero-order chi connectivity index (χ0) is 28.8. The van der Waals surface area contributed by atoms with E-state index in [0.29, 0.717) is 58.3 Å². The molecule has 0 unspecified atom stereocenters. The van der Waals surface area contributed by atoms with E-state index in [0.717, 1.165) is 23.5 Å². The lowest BCUT2D eigenvalue weighted by molar-refractivity contribution is -0.113. The van der Waals surface area contributed by atoms with Crippen molar-refractivity contribution in [2.75, 3.05) is 51.5 Å². The van der Waals surface area contributed by atoms with Crippen LogP contribution in [0.4, 0.5) is 5.69 Å². The molecule has 214 valence electrons. The smallest absolute Gasteiger partial charge is 0.272 e. The Bertz CT molecular complexity index is 1850. The summed E-state index contributed by atoms with van der Waals surface area (Å²) in [6.45, 7) is 2.57. The average Bonchev–Trinajstić information content (AvgIpc) is 3.61. The summed E-state index contributed by atoms with van der Waals surface area (Å²) in [4.78, 5) is 37.8. The van der Waals surface area contributed by atoms with Crippen LogP contribution in [0.2, 0.25) is 0 Å². The number of likely N-dealkylation sites (N-methyl/N-ethyl adjacent to an activating group) is 1. The van der Waals surface area contributed by atoms with Gasteiger partial charge in [-0.3, -0.25) is 14.6 Å². The lowest BCUT2D eigenvalue weighted by Gasteiger charge is -2.29. The summed E-state index contributed by atoms with van der Waals surface area (Å²) in [7, 11) is 3.59. The lowest BCUT2D eigenvalue weighted by atomic mass is 10.1. The van der Waals surface area contributed by atoms with Gasteiger partial charge in [0.25, 0.3) is 5.91 Å². The molecule has 2 aliphatic heterocycles. The van der Waals surface area contributed by atoms with Crippen molar-refractivity contribution in [3.8, 4) is 22.7 Å². The summed E-state index contributed by atoms with van der Waals surface area (Å²) in [5.74, 6) is 0.390. The Labute approximate surface area is 244 Å². The molecular formula is C28H27N9O4S. The molecule has 7 rings (SSSR count). The van der Waals surface area contributed by atoms with E-state index in [1.165, 1.54) is 11.8 Å². The summed E-state index contributed by atoms with van der Waals surface area (Å²) in [6, 6.07) is 7.36. The summed E-state index contributed by atoms with van der Waals surface area (Å²) in [5.41, 5.74) is 4.19. The second kappa shape index (κ2) is 10.7. The monoisotopic (exact) mass is 585 g/mol. The quantitative estimate of drug-likeness (QED) is 0.305. The second-order valence-corrected chi connectivity index (χ2v) is 11.1. The van der Waals surface area contributed by atoms with Gasteiger partial charge in [0.15, 0.2) is 11.3 Å². The van der Waals surface area contributed by atoms with E-state index in [4.69, 9.17) is 14.6 Å². The molecule has 2 aliphatic rings. The average molecular weight is 586 g/mol. The van der Waals surface area contributed by atoms with Crippen LogP contribution in [-0.4, -0.2) is 98.3 Å². The Morgan fingerprint density at radius 3 is 3.02 bits per heavy atom. The van der Waals surface area contributed by atoms with E-state index >= 15 is 0 Å². The molecule has 5 aromatic rings. The first-order valence-electron chi connectivity index (χ1n) is 13.4. The van der Waals surface area contributed by atoms with E-state index in [9.17, 15) is 9.59 Å². The Morgan fingerprint density at radius 1 is 1.26 bits per heavy atom. The SMILES string of the molecule is COc1cc2c(cc1-n1nc(C(=O)NC[C@@H]3CN(C)CCO3)c3cnc(-c4cnn5cccnc45)cc31)SCC(=O)N2. The number of rotatable bonds is 6. The maximum atomic E-state index is 13.5. The molecule has 2 N–H and O–H groups in total. The number of pyridine rings is 1. The maximum absolute atomic E-state index is 13.5. The number of hydrogen-bond acceptors (Lipinski definition) is 10. The van der Waals surface area contributed by atoms with Crippen molar-refractivity contribution in [3.63, 3.8) is 0 Å². The summed E-state index contributed by atoms with van der Waals surface area (Å²) >= 11 is 1.43. The number of nitrogens with zero attached hydrogens (tertiary/aromatic N) is 7. The van der Waals surface area contributed by atoms with Crippen molar-refractivity contribution in [2.45, 2.75) is 11.0 Å². The number of nitrogens with one attached hydrogen (secondary N) is 2. The number of fused-ring (bicyclic) bond motifs is 3. The van der Waals surface area contributed by atoms with Gasteiger partial charge >= 0.3 is 0 Å². The number of anilines is 1. The van der Waals surface area contributed by atoms with Crippen molar-refractivity contribution >= 4 is 45.8 Å². The van der Waals surface area contributed by atoms with Gasteiger partial charge in [-0.2, -0.15) is 10.2 Å². The molecule has 4 aromatic heterocycles. The first-order valence-corrected chi connectivity index (χ1v) is 14.4. The van der Waals surface area contributed by atoms with E-state index in [-0.39, 0.29) is 23.6 Å². The highest BCUT2D eigenvalue weighted by Gasteiger charge is 2.26. The fourth-order valence-electron chi connectivity index (χ4n) is 5.22. The van der Waals surface area contributed by atoms with Gasteiger partial charge in [-0.25, -0.2) is 14.2 Å². The van der Waals surface area contributed by atoms with Crippen molar-refractivity contribution < 1.29 is 19.1 Å². The topological polar surface area (TPSA) is 141 Å². The predicted octanol–water partition coefficient (Wildman–Crippen LogP) is 2.24. The minimum Gasteiger partial charge on any atom is -0.494 e. The normalized spacial score (nSPS) is 17.3. The zero-order valence-electron chi connectivity index (χ0n) is 22.9. The minimum absolute atomic E-state index is 0.0725. The number of ether oxygens (including phenoxy) is 2. The molecule has 2 amide bonds. The largest absolute Gasteiger partial charge is 0.494 e. The van der Waals surface area contributed by atoms with E-state index in [2.05, 4.69) is 30.6 Å². The molecule has 6 heterocycles. The van der Waals surface area contributed by atoms with Crippen LogP contribution in [0.25, 0.3) is 33.5 Å². The standard InChI is InChI=1S/C28H27N9O4S/c1-35-6-7-41-16(14-35)11-31-28(39)26-18-12-30-19(17-13-32-36-5-3-4-29-27(17)36)8-21(18)37(34-26)22-10-24-20(9-23(22)40-2)33-25(38)15-42-24/h3-5,8-10,12-13,16H,6-7,11,14-15H2,1-2H3,(H,31,39)(H,33,38)/t16-/m1/s1. The van der Waals surface area contributed by atoms with Gasteiger partial charge in [0.2, 0.25) is 5.91 Å². The molecule has 1 fully saturated rings. The van der Waals surface area contributed by atoms with Crippen LogP contribution < -0.4 is 15.4 Å². The fraction of sp³-hybridized carbons (Fsp3) is 0.286. The number of amides is 2. The molecule has 0 aliphatic carbocycles.